The van der Waals surface area contributed by atoms with E-state index in [1.807, 2.05) is 39.8 Å². The number of rotatable bonds is 7. The van der Waals surface area contributed by atoms with Gasteiger partial charge in [0.15, 0.2) is 11.5 Å². The Bertz CT molecular complexity index is 1660. The van der Waals surface area contributed by atoms with Crippen LogP contribution >= 0.6 is 0 Å². The normalized spacial score (nSPS) is 33.4. The molecule has 0 spiro atoms. The van der Waals surface area contributed by atoms with Crippen LogP contribution in [-0.4, -0.2) is 42.9 Å². The van der Waals surface area contributed by atoms with Crippen molar-refractivity contribution in [3.05, 3.63) is 60.6 Å². The summed E-state index contributed by atoms with van der Waals surface area (Å²) in [6, 6.07) is 12.2. The van der Waals surface area contributed by atoms with Gasteiger partial charge in [-0.1, -0.05) is 17.3 Å². The van der Waals surface area contributed by atoms with Gasteiger partial charge in [0.05, 0.1) is 5.41 Å². The average molecular weight is 553 g/mol. The van der Waals surface area contributed by atoms with Crippen LogP contribution in [-0.2, 0) is 10.2 Å². The van der Waals surface area contributed by atoms with Crippen LogP contribution in [0.5, 0.6) is 0 Å². The lowest BCUT2D eigenvalue weighted by atomic mass is 9.41. The summed E-state index contributed by atoms with van der Waals surface area (Å²) in [5.74, 6) is 2.32. The highest BCUT2D eigenvalue weighted by atomic mass is 19.1. The fourth-order valence-corrected chi connectivity index (χ4v) is 8.42. The van der Waals surface area contributed by atoms with E-state index in [4.69, 9.17) is 9.51 Å². The summed E-state index contributed by atoms with van der Waals surface area (Å²) in [5, 5.41) is 12.4. The molecule has 3 heterocycles. The highest BCUT2D eigenvalue weighted by Crippen LogP contribution is 2.70. The van der Waals surface area contributed by atoms with Crippen molar-refractivity contribution >= 4 is 17.2 Å². The third kappa shape index (κ3) is 3.59. The van der Waals surface area contributed by atoms with Gasteiger partial charge in [-0.05, 0) is 111 Å². The second kappa shape index (κ2) is 8.01. The average Bonchev–Trinajstić information content (AvgIpc) is 3.49. The molecule has 0 N–H and O–H groups in total. The van der Waals surface area contributed by atoms with Gasteiger partial charge in [-0.25, -0.2) is 4.39 Å². The fraction of sp³-hybridized carbons (Fsp3) is 0.531. The smallest absolute Gasteiger partial charge is 0.233 e. The van der Waals surface area contributed by atoms with E-state index in [0.717, 1.165) is 72.7 Å². The highest BCUT2D eigenvalue weighted by molar-refractivity contribution is 6.00. The standard InChI is InChI=1S/C32H33FN6O2/c33-32-16-31(17-32,18-32)28(40)39(24-3-1-2-22(14-24)23-6-7-25-36-34-20-38(25)15-23)19-29-8-11-30(12-9-29,13-10-29)27-35-26(37-41-27)21-4-5-21/h1-3,6-7,14-15,20-21H,4-5,8-13,16-19H2. The Labute approximate surface area is 237 Å². The molecule has 7 aliphatic carbocycles. The molecule has 41 heavy (non-hydrogen) atoms. The zero-order chi connectivity index (χ0) is 27.5. The molecule has 3 aromatic heterocycles. The number of pyridine rings is 1. The number of aromatic nitrogens is 5. The number of benzene rings is 1. The summed E-state index contributed by atoms with van der Waals surface area (Å²) in [4.78, 5) is 21.1. The van der Waals surface area contributed by atoms with E-state index < -0.39 is 11.1 Å². The van der Waals surface area contributed by atoms with Crippen molar-refractivity contribution in [2.45, 2.75) is 87.6 Å². The number of anilines is 1. The Kier molecular flexibility index (Phi) is 4.70. The predicted molar refractivity (Wildman–Crippen MR) is 149 cm³/mol. The van der Waals surface area contributed by atoms with Gasteiger partial charge >= 0.3 is 0 Å². The van der Waals surface area contributed by atoms with Crippen LogP contribution in [0, 0.1) is 10.8 Å². The SMILES string of the molecule is O=C(N(CC12CCC(c3nc(C4CC4)no3)(CC1)CC2)c1cccc(-c2ccc3nncn3c2)c1)C12CC(F)(C1)C2. The minimum absolute atomic E-state index is 0.0219. The van der Waals surface area contributed by atoms with Gasteiger partial charge in [0.25, 0.3) is 0 Å². The van der Waals surface area contributed by atoms with Crippen molar-refractivity contribution in [2.24, 2.45) is 10.8 Å². The third-order valence-electron chi connectivity index (χ3n) is 11.2. The quantitative estimate of drug-likeness (QED) is 0.272. The van der Waals surface area contributed by atoms with Gasteiger partial charge in [0.1, 0.15) is 12.0 Å². The summed E-state index contributed by atoms with van der Waals surface area (Å²) in [5.41, 5.74) is 2.13. The second-order valence-corrected chi connectivity index (χ2v) is 13.9. The van der Waals surface area contributed by atoms with Gasteiger partial charge in [-0.2, -0.15) is 4.98 Å². The Morgan fingerprint density at radius 1 is 1.02 bits per heavy atom. The van der Waals surface area contributed by atoms with Crippen LogP contribution < -0.4 is 4.90 Å². The van der Waals surface area contributed by atoms with Crippen molar-refractivity contribution in [1.82, 2.24) is 24.7 Å². The molecular formula is C32H33FN6O2. The van der Waals surface area contributed by atoms with E-state index in [1.54, 1.807) is 6.33 Å². The van der Waals surface area contributed by atoms with Crippen LogP contribution in [0.15, 0.2) is 53.4 Å². The lowest BCUT2D eigenvalue weighted by Crippen LogP contribution is -2.71. The van der Waals surface area contributed by atoms with Crippen molar-refractivity contribution in [2.75, 3.05) is 11.4 Å². The maximum absolute atomic E-state index is 14.6. The molecule has 0 unspecified atom stereocenters. The number of hydrogen-bond donors (Lipinski definition) is 0. The monoisotopic (exact) mass is 552 g/mol. The zero-order valence-electron chi connectivity index (χ0n) is 23.1. The Hall–Kier alpha value is -3.62. The predicted octanol–water partition coefficient (Wildman–Crippen LogP) is 6.17. The second-order valence-electron chi connectivity index (χ2n) is 13.9. The first kappa shape index (κ1) is 24.0. The molecule has 11 rings (SSSR count). The van der Waals surface area contributed by atoms with Crippen molar-refractivity contribution in [1.29, 1.82) is 0 Å². The van der Waals surface area contributed by atoms with Crippen molar-refractivity contribution < 1.29 is 13.7 Å². The number of alkyl halides is 1. The minimum Gasteiger partial charge on any atom is -0.339 e. The van der Waals surface area contributed by atoms with Gasteiger partial charge < -0.3 is 9.42 Å². The lowest BCUT2D eigenvalue weighted by Gasteiger charge is -2.65. The fourth-order valence-electron chi connectivity index (χ4n) is 8.42. The molecular weight excluding hydrogens is 519 g/mol. The van der Waals surface area contributed by atoms with Crippen molar-refractivity contribution in [3.63, 3.8) is 0 Å². The number of carbonyl (C=O) groups excluding carboxylic acids is 1. The molecule has 210 valence electrons. The molecule has 4 bridgehead atoms. The third-order valence-corrected chi connectivity index (χ3v) is 11.2. The molecule has 4 aromatic rings. The summed E-state index contributed by atoms with van der Waals surface area (Å²) in [7, 11) is 0. The molecule has 0 aliphatic heterocycles. The van der Waals surface area contributed by atoms with E-state index in [-0.39, 0.29) is 16.7 Å². The largest absolute Gasteiger partial charge is 0.339 e. The van der Waals surface area contributed by atoms with Crippen LogP contribution in [0.1, 0.15) is 88.3 Å². The topological polar surface area (TPSA) is 89.4 Å². The van der Waals surface area contributed by atoms with Crippen LogP contribution in [0.25, 0.3) is 16.8 Å². The Morgan fingerprint density at radius 2 is 1.80 bits per heavy atom. The zero-order valence-corrected chi connectivity index (χ0v) is 23.1. The van der Waals surface area contributed by atoms with Crippen LogP contribution in [0.2, 0.25) is 0 Å². The maximum Gasteiger partial charge on any atom is 0.233 e. The molecule has 0 saturated heterocycles. The molecule has 7 saturated carbocycles. The first-order valence-electron chi connectivity index (χ1n) is 15.1. The number of fused-ring (bicyclic) bond motifs is 4. The number of amides is 1. The summed E-state index contributed by atoms with van der Waals surface area (Å²) < 4.78 is 22.3. The molecule has 1 amide bonds. The molecule has 1 aromatic carbocycles. The van der Waals surface area contributed by atoms with Gasteiger partial charge in [-0.3, -0.25) is 9.20 Å². The summed E-state index contributed by atoms with van der Waals surface area (Å²) in [6.45, 7) is 0.675. The number of hydrogen-bond acceptors (Lipinski definition) is 6. The van der Waals surface area contributed by atoms with E-state index in [2.05, 4.69) is 27.5 Å². The van der Waals surface area contributed by atoms with Crippen LogP contribution in [0.4, 0.5) is 10.1 Å². The number of halogens is 1. The van der Waals surface area contributed by atoms with Crippen LogP contribution in [0.3, 0.4) is 0 Å². The van der Waals surface area contributed by atoms with E-state index >= 15 is 0 Å². The van der Waals surface area contributed by atoms with Gasteiger partial charge in [-0.15, -0.1) is 10.2 Å². The molecule has 8 nitrogen and oxygen atoms in total. The lowest BCUT2D eigenvalue weighted by molar-refractivity contribution is -0.211. The number of carbonyl (C=O) groups is 1. The minimum atomic E-state index is -1.12. The first-order valence-corrected chi connectivity index (χ1v) is 15.1. The first-order chi connectivity index (χ1) is 19.9. The van der Waals surface area contributed by atoms with Gasteiger partial charge in [0.2, 0.25) is 11.8 Å². The molecule has 7 aliphatic rings. The van der Waals surface area contributed by atoms with Crippen molar-refractivity contribution in [3.8, 4) is 11.1 Å². The maximum atomic E-state index is 14.6. The summed E-state index contributed by atoms with van der Waals surface area (Å²) in [6.07, 6.45) is 13.3. The van der Waals surface area contributed by atoms with E-state index in [0.29, 0.717) is 31.7 Å². The highest BCUT2D eigenvalue weighted by Gasteiger charge is 2.73. The van der Waals surface area contributed by atoms with E-state index in [1.165, 1.54) is 12.8 Å². The Morgan fingerprint density at radius 3 is 2.54 bits per heavy atom. The molecule has 7 fully saturated rings. The van der Waals surface area contributed by atoms with E-state index in [9.17, 15) is 9.18 Å². The molecule has 0 radical (unpaired) electrons. The number of nitrogens with zero attached hydrogens (tertiary/aromatic N) is 6. The summed E-state index contributed by atoms with van der Waals surface area (Å²) >= 11 is 0. The van der Waals surface area contributed by atoms with Gasteiger partial charge in [0, 0.05) is 29.8 Å². The molecule has 9 heteroatoms. The molecule has 0 atom stereocenters. The Balaban J connectivity index is 1.02.